The zero-order chi connectivity index (χ0) is 16.5. The van der Waals surface area contributed by atoms with Crippen molar-refractivity contribution in [3.8, 4) is 0 Å². The molecule has 0 aromatic heterocycles. The normalized spacial score (nSPS) is 24.9. The molecule has 0 amide bonds. The number of likely N-dealkylation sites (tertiary alicyclic amines) is 1. The molecule has 0 aliphatic carbocycles. The molecule has 2 fully saturated rings. The van der Waals surface area contributed by atoms with Crippen molar-refractivity contribution in [3.63, 3.8) is 0 Å². The van der Waals surface area contributed by atoms with Gasteiger partial charge in [-0.15, -0.1) is 0 Å². The van der Waals surface area contributed by atoms with Crippen LogP contribution in [0.5, 0.6) is 0 Å². The van der Waals surface area contributed by atoms with E-state index in [-0.39, 0.29) is 0 Å². The molecule has 134 valence electrons. The number of methoxy groups -OCH3 is 1. The fourth-order valence-electron chi connectivity index (χ4n) is 3.35. The second-order valence-corrected chi connectivity index (χ2v) is 6.77. The lowest BCUT2D eigenvalue weighted by molar-refractivity contribution is 0.0323. The molecule has 1 N–H and O–H groups in total. The third-order valence-electron chi connectivity index (χ3n) is 4.55. The summed E-state index contributed by atoms with van der Waals surface area (Å²) >= 11 is 0. The first kappa shape index (κ1) is 18.5. The van der Waals surface area contributed by atoms with Crippen molar-refractivity contribution in [3.05, 3.63) is 0 Å². The van der Waals surface area contributed by atoms with Gasteiger partial charge in [0.05, 0.1) is 19.8 Å². The summed E-state index contributed by atoms with van der Waals surface area (Å²) in [5, 5.41) is 3.45. The maximum atomic E-state index is 5.41. The highest BCUT2D eigenvalue weighted by molar-refractivity contribution is 5.80. The molecule has 23 heavy (non-hydrogen) atoms. The largest absolute Gasteiger partial charge is 0.384 e. The van der Waals surface area contributed by atoms with Crippen molar-refractivity contribution in [2.24, 2.45) is 16.8 Å². The predicted octanol–water partition coefficient (Wildman–Crippen LogP) is 0.889. The highest BCUT2D eigenvalue weighted by Crippen LogP contribution is 2.16. The van der Waals surface area contributed by atoms with Gasteiger partial charge in [0.15, 0.2) is 5.96 Å². The van der Waals surface area contributed by atoms with Gasteiger partial charge in [-0.1, -0.05) is 6.92 Å². The smallest absolute Gasteiger partial charge is 0.193 e. The average molecular weight is 326 g/mol. The molecule has 2 aliphatic heterocycles. The van der Waals surface area contributed by atoms with Crippen LogP contribution in [0.2, 0.25) is 0 Å². The Morgan fingerprint density at radius 2 is 2.13 bits per heavy atom. The van der Waals surface area contributed by atoms with Crippen LogP contribution in [-0.2, 0) is 9.47 Å². The lowest BCUT2D eigenvalue weighted by atomic mass is 10.1. The third-order valence-corrected chi connectivity index (χ3v) is 4.55. The van der Waals surface area contributed by atoms with E-state index in [1.807, 2.05) is 0 Å². The molecule has 2 unspecified atom stereocenters. The lowest BCUT2D eigenvalue weighted by Crippen LogP contribution is -2.41. The van der Waals surface area contributed by atoms with Crippen molar-refractivity contribution in [2.45, 2.75) is 20.3 Å². The zero-order valence-electron chi connectivity index (χ0n) is 15.1. The van der Waals surface area contributed by atoms with Gasteiger partial charge in [-0.25, -0.2) is 0 Å². The first-order chi connectivity index (χ1) is 11.2. The van der Waals surface area contributed by atoms with Crippen molar-refractivity contribution >= 4 is 5.96 Å². The summed E-state index contributed by atoms with van der Waals surface area (Å²) in [4.78, 5) is 9.76. The standard InChI is InChI=1S/C17H34N4O2/c1-4-18-17(21-6-5-16(13-21)14-22-3)19-11-15(2)12-20-7-9-23-10-8-20/h15-16H,4-14H2,1-3H3,(H,18,19). The number of guanidine groups is 1. The van der Waals surface area contributed by atoms with Gasteiger partial charge in [0.1, 0.15) is 0 Å². The monoisotopic (exact) mass is 326 g/mol. The number of hydrogen-bond acceptors (Lipinski definition) is 4. The van der Waals surface area contributed by atoms with Crippen LogP contribution in [0, 0.1) is 11.8 Å². The van der Waals surface area contributed by atoms with Crippen molar-refractivity contribution in [1.82, 2.24) is 15.1 Å². The number of nitrogens with zero attached hydrogens (tertiary/aromatic N) is 3. The van der Waals surface area contributed by atoms with Gasteiger partial charge >= 0.3 is 0 Å². The molecule has 0 aromatic rings. The Hall–Kier alpha value is -0.850. The summed E-state index contributed by atoms with van der Waals surface area (Å²) in [5.41, 5.74) is 0. The number of nitrogens with one attached hydrogen (secondary N) is 1. The van der Waals surface area contributed by atoms with Gasteiger partial charge in [0.25, 0.3) is 0 Å². The maximum Gasteiger partial charge on any atom is 0.193 e. The van der Waals surface area contributed by atoms with E-state index in [9.17, 15) is 0 Å². The highest BCUT2D eigenvalue weighted by atomic mass is 16.5. The first-order valence-corrected chi connectivity index (χ1v) is 9.05. The molecule has 2 rings (SSSR count). The van der Waals surface area contributed by atoms with Crippen LogP contribution in [0.25, 0.3) is 0 Å². The number of hydrogen-bond donors (Lipinski definition) is 1. The summed E-state index contributed by atoms with van der Waals surface area (Å²) in [5.74, 6) is 2.27. The first-order valence-electron chi connectivity index (χ1n) is 9.05. The Kier molecular flexibility index (Phi) is 8.12. The molecule has 6 heteroatoms. The average Bonchev–Trinajstić information content (AvgIpc) is 3.01. The van der Waals surface area contributed by atoms with E-state index >= 15 is 0 Å². The minimum absolute atomic E-state index is 0.569. The van der Waals surface area contributed by atoms with E-state index in [0.29, 0.717) is 11.8 Å². The number of aliphatic imine (C=N–C) groups is 1. The molecule has 2 saturated heterocycles. The number of rotatable bonds is 7. The van der Waals surface area contributed by atoms with Gasteiger partial charge < -0.3 is 19.7 Å². The fourth-order valence-corrected chi connectivity index (χ4v) is 3.35. The molecule has 2 aliphatic rings. The number of ether oxygens (including phenoxy) is 2. The van der Waals surface area contributed by atoms with Crippen LogP contribution < -0.4 is 5.32 Å². The van der Waals surface area contributed by atoms with Crippen LogP contribution in [0.15, 0.2) is 4.99 Å². The second kappa shape index (κ2) is 10.1. The van der Waals surface area contributed by atoms with Crippen LogP contribution in [0.3, 0.4) is 0 Å². The van der Waals surface area contributed by atoms with E-state index in [4.69, 9.17) is 14.5 Å². The second-order valence-electron chi connectivity index (χ2n) is 6.77. The SMILES string of the molecule is CCNC(=NCC(C)CN1CCOCC1)N1CCC(COC)C1. The van der Waals surface area contributed by atoms with Gasteiger partial charge in [-0.05, 0) is 19.3 Å². The van der Waals surface area contributed by atoms with E-state index < -0.39 is 0 Å². The Morgan fingerprint density at radius 3 is 2.83 bits per heavy atom. The molecular formula is C17H34N4O2. The predicted molar refractivity (Wildman–Crippen MR) is 94.0 cm³/mol. The van der Waals surface area contributed by atoms with Crippen LogP contribution in [0.4, 0.5) is 0 Å². The van der Waals surface area contributed by atoms with E-state index in [1.54, 1.807) is 7.11 Å². The highest BCUT2D eigenvalue weighted by Gasteiger charge is 2.24. The van der Waals surface area contributed by atoms with E-state index in [1.165, 1.54) is 6.42 Å². The Morgan fingerprint density at radius 1 is 1.35 bits per heavy atom. The van der Waals surface area contributed by atoms with Crippen molar-refractivity contribution in [2.75, 3.05) is 72.7 Å². The van der Waals surface area contributed by atoms with Gasteiger partial charge in [-0.2, -0.15) is 0 Å². The minimum Gasteiger partial charge on any atom is -0.384 e. The molecule has 2 atom stereocenters. The molecule has 0 radical (unpaired) electrons. The molecule has 2 heterocycles. The van der Waals surface area contributed by atoms with Crippen LogP contribution >= 0.6 is 0 Å². The molecule has 6 nitrogen and oxygen atoms in total. The minimum atomic E-state index is 0.569. The quantitative estimate of drug-likeness (QED) is 0.556. The molecule has 0 spiro atoms. The molecule has 0 aromatic carbocycles. The summed E-state index contributed by atoms with van der Waals surface area (Å²) in [6.45, 7) is 14.2. The lowest BCUT2D eigenvalue weighted by Gasteiger charge is -2.29. The number of morpholine rings is 1. The van der Waals surface area contributed by atoms with E-state index in [0.717, 1.165) is 71.6 Å². The Balaban J connectivity index is 1.80. The molecule has 0 saturated carbocycles. The van der Waals surface area contributed by atoms with Crippen molar-refractivity contribution < 1.29 is 9.47 Å². The Labute approximate surface area is 141 Å². The van der Waals surface area contributed by atoms with E-state index in [2.05, 4.69) is 29.0 Å². The Bertz CT molecular complexity index is 359. The van der Waals surface area contributed by atoms with Crippen molar-refractivity contribution in [1.29, 1.82) is 0 Å². The summed E-state index contributed by atoms with van der Waals surface area (Å²) < 4.78 is 10.7. The maximum absolute atomic E-state index is 5.41. The fraction of sp³-hybridized carbons (Fsp3) is 0.941. The zero-order valence-corrected chi connectivity index (χ0v) is 15.1. The van der Waals surface area contributed by atoms with Crippen LogP contribution in [0.1, 0.15) is 20.3 Å². The van der Waals surface area contributed by atoms with Gasteiger partial charge in [0.2, 0.25) is 0 Å². The summed E-state index contributed by atoms with van der Waals surface area (Å²) in [6, 6.07) is 0. The third kappa shape index (κ3) is 6.28. The molecular weight excluding hydrogens is 292 g/mol. The topological polar surface area (TPSA) is 49.3 Å². The van der Waals surface area contributed by atoms with Gasteiger partial charge in [-0.3, -0.25) is 9.89 Å². The van der Waals surface area contributed by atoms with Crippen LogP contribution in [-0.4, -0.2) is 88.5 Å². The van der Waals surface area contributed by atoms with Gasteiger partial charge in [0, 0.05) is 58.8 Å². The molecule has 0 bridgehead atoms. The summed E-state index contributed by atoms with van der Waals surface area (Å²) in [7, 11) is 1.79. The summed E-state index contributed by atoms with van der Waals surface area (Å²) in [6.07, 6.45) is 1.20.